The molecule has 0 atom stereocenters. The Morgan fingerprint density at radius 2 is 2.26 bits per heavy atom. The molecule has 0 unspecified atom stereocenters. The molecule has 1 fully saturated rings. The van der Waals surface area contributed by atoms with Crippen molar-refractivity contribution in [2.45, 2.75) is 6.92 Å². The van der Waals surface area contributed by atoms with Gasteiger partial charge in [-0.2, -0.15) is 0 Å². The van der Waals surface area contributed by atoms with Crippen molar-refractivity contribution in [3.05, 3.63) is 27.9 Å². The van der Waals surface area contributed by atoms with Crippen LogP contribution in [0.2, 0.25) is 0 Å². The second kappa shape index (κ2) is 6.44. The molecule has 2 N–H and O–H groups in total. The van der Waals surface area contributed by atoms with Gasteiger partial charge in [-0.05, 0) is 12.5 Å². The van der Waals surface area contributed by atoms with Crippen LogP contribution in [0.25, 0.3) is 0 Å². The Balaban J connectivity index is 1.89. The van der Waals surface area contributed by atoms with Crippen molar-refractivity contribution in [3.8, 4) is 0 Å². The lowest BCUT2D eigenvalue weighted by Gasteiger charge is -2.27. The molecule has 1 saturated heterocycles. The first-order valence-electron chi connectivity index (χ1n) is 6.45. The van der Waals surface area contributed by atoms with Gasteiger partial charge in [-0.25, -0.2) is 4.98 Å². The monoisotopic (exact) mass is 265 g/mol. The zero-order chi connectivity index (χ0) is 13.7. The van der Waals surface area contributed by atoms with Crippen molar-refractivity contribution in [2.75, 3.05) is 44.6 Å². The number of anilines is 1. The number of pyridine rings is 1. The van der Waals surface area contributed by atoms with E-state index < -0.39 is 4.92 Å². The van der Waals surface area contributed by atoms with Gasteiger partial charge in [0.25, 0.3) is 0 Å². The predicted octanol–water partition coefficient (Wildman–Crippen LogP) is 0.615. The Morgan fingerprint density at radius 1 is 1.53 bits per heavy atom. The van der Waals surface area contributed by atoms with Crippen LogP contribution >= 0.6 is 0 Å². The van der Waals surface area contributed by atoms with Gasteiger partial charge in [0.15, 0.2) is 0 Å². The molecule has 0 aliphatic carbocycles. The van der Waals surface area contributed by atoms with E-state index in [1.54, 1.807) is 19.2 Å². The number of nitro groups is 1. The molecule has 19 heavy (non-hydrogen) atoms. The maximum Gasteiger partial charge on any atom is 0.311 e. The highest BCUT2D eigenvalue weighted by atomic mass is 16.6. The fourth-order valence-electron chi connectivity index (χ4n) is 2.10. The standard InChI is InChI=1S/C12H19N5O2/c1-10-8-11(17(18)19)12(15-9-10)14-4-7-16-5-2-13-3-6-16/h8-9,13H,2-7H2,1H3,(H,14,15). The third-order valence-electron chi connectivity index (χ3n) is 3.13. The maximum atomic E-state index is 10.9. The minimum Gasteiger partial charge on any atom is -0.363 e. The topological polar surface area (TPSA) is 83.3 Å². The van der Waals surface area contributed by atoms with Gasteiger partial charge in [0.2, 0.25) is 5.82 Å². The normalized spacial score (nSPS) is 16.3. The third-order valence-corrected chi connectivity index (χ3v) is 3.13. The highest BCUT2D eigenvalue weighted by molar-refractivity contribution is 5.56. The molecule has 0 bridgehead atoms. The fraction of sp³-hybridized carbons (Fsp3) is 0.583. The van der Waals surface area contributed by atoms with Crippen LogP contribution in [-0.4, -0.2) is 54.1 Å². The van der Waals surface area contributed by atoms with Crippen LogP contribution in [-0.2, 0) is 0 Å². The van der Waals surface area contributed by atoms with Crippen molar-refractivity contribution < 1.29 is 4.92 Å². The molecular weight excluding hydrogens is 246 g/mol. The molecule has 0 saturated carbocycles. The van der Waals surface area contributed by atoms with E-state index in [4.69, 9.17) is 0 Å². The largest absolute Gasteiger partial charge is 0.363 e. The van der Waals surface area contributed by atoms with Crippen molar-refractivity contribution >= 4 is 11.5 Å². The Bertz CT molecular complexity index is 446. The minimum absolute atomic E-state index is 0.0420. The van der Waals surface area contributed by atoms with Gasteiger partial charge in [-0.15, -0.1) is 0 Å². The summed E-state index contributed by atoms with van der Waals surface area (Å²) >= 11 is 0. The molecule has 1 aromatic rings. The summed E-state index contributed by atoms with van der Waals surface area (Å²) in [7, 11) is 0. The van der Waals surface area contributed by atoms with E-state index in [1.165, 1.54) is 0 Å². The highest BCUT2D eigenvalue weighted by Crippen LogP contribution is 2.21. The lowest BCUT2D eigenvalue weighted by Crippen LogP contribution is -2.45. The lowest BCUT2D eigenvalue weighted by molar-refractivity contribution is -0.384. The van der Waals surface area contributed by atoms with Crippen molar-refractivity contribution in [1.29, 1.82) is 0 Å². The molecule has 104 valence electrons. The average Bonchev–Trinajstić information content (AvgIpc) is 2.41. The number of rotatable bonds is 5. The number of nitrogens with zero attached hydrogens (tertiary/aromatic N) is 3. The van der Waals surface area contributed by atoms with Crippen LogP contribution < -0.4 is 10.6 Å². The van der Waals surface area contributed by atoms with Crippen LogP contribution in [0.15, 0.2) is 12.3 Å². The second-order valence-corrected chi connectivity index (χ2v) is 4.66. The van der Waals surface area contributed by atoms with E-state index >= 15 is 0 Å². The van der Waals surface area contributed by atoms with Gasteiger partial charge in [-0.3, -0.25) is 15.0 Å². The number of aryl methyl sites for hydroxylation is 1. The summed E-state index contributed by atoms with van der Waals surface area (Å²) in [5.74, 6) is 0.353. The molecule has 7 nitrogen and oxygen atoms in total. The number of aromatic nitrogens is 1. The van der Waals surface area contributed by atoms with Crippen molar-refractivity contribution in [1.82, 2.24) is 15.2 Å². The molecule has 0 spiro atoms. The molecule has 1 aliphatic rings. The molecule has 2 heterocycles. The van der Waals surface area contributed by atoms with Crippen molar-refractivity contribution in [2.24, 2.45) is 0 Å². The smallest absolute Gasteiger partial charge is 0.311 e. The molecule has 2 rings (SSSR count). The average molecular weight is 265 g/mol. The van der Waals surface area contributed by atoms with E-state index in [-0.39, 0.29) is 5.69 Å². The van der Waals surface area contributed by atoms with Crippen LogP contribution in [0.4, 0.5) is 11.5 Å². The van der Waals surface area contributed by atoms with E-state index in [0.717, 1.165) is 38.3 Å². The van der Waals surface area contributed by atoms with Crippen LogP contribution in [0.3, 0.4) is 0 Å². The van der Waals surface area contributed by atoms with Gasteiger partial charge in [0, 0.05) is 51.5 Å². The van der Waals surface area contributed by atoms with E-state index in [2.05, 4.69) is 20.5 Å². The maximum absolute atomic E-state index is 10.9. The summed E-state index contributed by atoms with van der Waals surface area (Å²) < 4.78 is 0. The summed E-state index contributed by atoms with van der Waals surface area (Å²) in [5.41, 5.74) is 0.833. The first kappa shape index (κ1) is 13.7. The number of hydrogen-bond donors (Lipinski definition) is 2. The van der Waals surface area contributed by atoms with Gasteiger partial charge in [-0.1, -0.05) is 0 Å². The summed E-state index contributed by atoms with van der Waals surface area (Å²) in [4.78, 5) is 17.0. The second-order valence-electron chi connectivity index (χ2n) is 4.66. The molecular formula is C12H19N5O2. The predicted molar refractivity (Wildman–Crippen MR) is 73.4 cm³/mol. The zero-order valence-corrected chi connectivity index (χ0v) is 11.1. The molecule has 1 aromatic heterocycles. The van der Waals surface area contributed by atoms with Gasteiger partial charge >= 0.3 is 5.69 Å². The van der Waals surface area contributed by atoms with Crippen LogP contribution in [0.1, 0.15) is 5.56 Å². The fourth-order valence-corrected chi connectivity index (χ4v) is 2.10. The van der Waals surface area contributed by atoms with Crippen LogP contribution in [0.5, 0.6) is 0 Å². The van der Waals surface area contributed by atoms with E-state index in [0.29, 0.717) is 12.4 Å². The summed E-state index contributed by atoms with van der Waals surface area (Å²) in [6, 6.07) is 1.54. The third kappa shape index (κ3) is 3.87. The van der Waals surface area contributed by atoms with Crippen molar-refractivity contribution in [3.63, 3.8) is 0 Å². The highest BCUT2D eigenvalue weighted by Gasteiger charge is 2.15. The number of hydrogen-bond acceptors (Lipinski definition) is 6. The molecule has 0 aromatic carbocycles. The first-order chi connectivity index (χ1) is 9.16. The summed E-state index contributed by atoms with van der Waals surface area (Å²) in [6.45, 7) is 7.37. The SMILES string of the molecule is Cc1cnc(NCCN2CCNCC2)c([N+](=O)[O-])c1. The lowest BCUT2D eigenvalue weighted by atomic mass is 10.3. The first-order valence-corrected chi connectivity index (χ1v) is 6.45. The Morgan fingerprint density at radius 3 is 2.95 bits per heavy atom. The summed E-state index contributed by atoms with van der Waals surface area (Å²) in [5, 5.41) is 17.3. The van der Waals surface area contributed by atoms with Gasteiger partial charge in [0.05, 0.1) is 4.92 Å². The van der Waals surface area contributed by atoms with Crippen LogP contribution in [0, 0.1) is 17.0 Å². The molecule has 1 aliphatic heterocycles. The Hall–Kier alpha value is -1.73. The number of nitrogens with one attached hydrogen (secondary N) is 2. The number of piperazine rings is 1. The molecule has 0 amide bonds. The van der Waals surface area contributed by atoms with Gasteiger partial charge < -0.3 is 10.6 Å². The molecule has 0 radical (unpaired) electrons. The van der Waals surface area contributed by atoms with Gasteiger partial charge in [0.1, 0.15) is 0 Å². The minimum atomic E-state index is -0.396. The Labute approximate surface area is 112 Å². The van der Waals surface area contributed by atoms with E-state index in [1.807, 2.05) is 0 Å². The molecule has 7 heteroatoms. The van der Waals surface area contributed by atoms with E-state index in [9.17, 15) is 10.1 Å². The Kier molecular flexibility index (Phi) is 4.64. The quantitative estimate of drug-likeness (QED) is 0.599. The summed E-state index contributed by atoms with van der Waals surface area (Å²) in [6.07, 6.45) is 1.64. The zero-order valence-electron chi connectivity index (χ0n) is 11.1.